The monoisotopic (exact) mass is 451 g/mol. The zero-order valence-electron chi connectivity index (χ0n) is 17.4. The quantitative estimate of drug-likeness (QED) is 0.668. The van der Waals surface area contributed by atoms with Crippen LogP contribution in [0.2, 0.25) is 5.02 Å². The largest absolute Gasteiger partial charge is 0.357 e. The molecule has 9 heteroatoms. The predicted octanol–water partition coefficient (Wildman–Crippen LogP) is 2.58. The van der Waals surface area contributed by atoms with Crippen molar-refractivity contribution in [2.45, 2.75) is 26.4 Å². The Labute approximate surface area is 182 Å². The van der Waals surface area contributed by atoms with E-state index in [4.69, 9.17) is 11.6 Å². The highest BCUT2D eigenvalue weighted by atomic mass is 35.5. The van der Waals surface area contributed by atoms with Crippen molar-refractivity contribution in [1.29, 1.82) is 0 Å². The number of carbonyl (C=O) groups excluding carboxylic acids is 2. The number of aryl methyl sites for hydroxylation is 1. The SMILES string of the molecule is CNC(=O)C(C)N(Cc1cccc(C)c1)C(=O)CN(c1ccccc1Cl)S(C)(=O)=O. The highest BCUT2D eigenvalue weighted by Crippen LogP contribution is 2.27. The summed E-state index contributed by atoms with van der Waals surface area (Å²) in [4.78, 5) is 26.9. The molecule has 1 atom stereocenters. The Kier molecular flexibility index (Phi) is 7.86. The van der Waals surface area contributed by atoms with Crippen LogP contribution in [0.4, 0.5) is 5.69 Å². The van der Waals surface area contributed by atoms with Crippen molar-refractivity contribution in [2.24, 2.45) is 0 Å². The maximum atomic E-state index is 13.2. The molecular weight excluding hydrogens is 426 g/mol. The number of halogens is 1. The van der Waals surface area contributed by atoms with E-state index in [9.17, 15) is 18.0 Å². The fraction of sp³-hybridized carbons (Fsp3) is 0.333. The lowest BCUT2D eigenvalue weighted by atomic mass is 10.1. The molecule has 0 aromatic heterocycles. The van der Waals surface area contributed by atoms with Gasteiger partial charge in [0.2, 0.25) is 21.8 Å². The Morgan fingerprint density at radius 1 is 1.13 bits per heavy atom. The smallest absolute Gasteiger partial charge is 0.244 e. The average Bonchev–Trinajstić information content (AvgIpc) is 2.69. The molecule has 7 nitrogen and oxygen atoms in total. The van der Waals surface area contributed by atoms with Crippen LogP contribution in [0.3, 0.4) is 0 Å². The van der Waals surface area contributed by atoms with Gasteiger partial charge < -0.3 is 10.2 Å². The Bertz CT molecular complexity index is 1030. The topological polar surface area (TPSA) is 86.8 Å². The second kappa shape index (κ2) is 9.95. The maximum Gasteiger partial charge on any atom is 0.244 e. The van der Waals surface area contributed by atoms with Gasteiger partial charge in [0.25, 0.3) is 0 Å². The second-order valence-corrected chi connectivity index (χ2v) is 9.34. The molecular formula is C21H26ClN3O4S. The van der Waals surface area contributed by atoms with Crippen LogP contribution in [0.1, 0.15) is 18.1 Å². The van der Waals surface area contributed by atoms with Gasteiger partial charge in [0.15, 0.2) is 0 Å². The minimum Gasteiger partial charge on any atom is -0.357 e. The predicted molar refractivity (Wildman–Crippen MR) is 119 cm³/mol. The molecule has 2 rings (SSSR count). The van der Waals surface area contributed by atoms with Crippen molar-refractivity contribution in [1.82, 2.24) is 10.2 Å². The summed E-state index contributed by atoms with van der Waals surface area (Å²) in [6, 6.07) is 13.2. The normalized spacial score (nSPS) is 12.2. The number of rotatable bonds is 8. The molecule has 0 aliphatic rings. The summed E-state index contributed by atoms with van der Waals surface area (Å²) >= 11 is 6.18. The first-order chi connectivity index (χ1) is 14.0. The van der Waals surface area contributed by atoms with Gasteiger partial charge in [0.05, 0.1) is 17.0 Å². The van der Waals surface area contributed by atoms with E-state index in [1.807, 2.05) is 31.2 Å². The van der Waals surface area contributed by atoms with E-state index in [2.05, 4.69) is 5.32 Å². The minimum atomic E-state index is -3.80. The van der Waals surface area contributed by atoms with E-state index in [-0.39, 0.29) is 23.2 Å². The highest BCUT2D eigenvalue weighted by Gasteiger charge is 2.30. The van der Waals surface area contributed by atoms with Gasteiger partial charge in [-0.3, -0.25) is 13.9 Å². The van der Waals surface area contributed by atoms with E-state index in [1.165, 1.54) is 18.0 Å². The average molecular weight is 452 g/mol. The molecule has 1 N–H and O–H groups in total. The number of para-hydroxylation sites is 1. The lowest BCUT2D eigenvalue weighted by molar-refractivity contribution is -0.139. The van der Waals surface area contributed by atoms with Crippen LogP contribution < -0.4 is 9.62 Å². The van der Waals surface area contributed by atoms with E-state index in [0.29, 0.717) is 0 Å². The number of sulfonamides is 1. The first kappa shape index (κ1) is 23.7. The number of nitrogens with one attached hydrogen (secondary N) is 1. The van der Waals surface area contributed by atoms with Gasteiger partial charge in [-0.1, -0.05) is 53.6 Å². The highest BCUT2D eigenvalue weighted by molar-refractivity contribution is 7.92. The molecule has 0 saturated heterocycles. The molecule has 2 aromatic rings. The van der Waals surface area contributed by atoms with Crippen molar-refractivity contribution in [3.05, 3.63) is 64.7 Å². The molecule has 0 bridgehead atoms. The zero-order chi connectivity index (χ0) is 22.5. The van der Waals surface area contributed by atoms with Crippen molar-refractivity contribution < 1.29 is 18.0 Å². The summed E-state index contributed by atoms with van der Waals surface area (Å²) in [5, 5.41) is 2.74. The Morgan fingerprint density at radius 3 is 2.37 bits per heavy atom. The van der Waals surface area contributed by atoms with Crippen molar-refractivity contribution in [3.63, 3.8) is 0 Å². The number of amides is 2. The Hall–Kier alpha value is -2.58. The van der Waals surface area contributed by atoms with Crippen LogP contribution in [-0.4, -0.2) is 51.0 Å². The van der Waals surface area contributed by atoms with Crippen LogP contribution in [0.25, 0.3) is 0 Å². The number of benzene rings is 2. The van der Waals surface area contributed by atoms with Crippen LogP contribution in [0.5, 0.6) is 0 Å². The summed E-state index contributed by atoms with van der Waals surface area (Å²) in [5.74, 6) is -0.863. The summed E-state index contributed by atoms with van der Waals surface area (Å²) in [5.41, 5.74) is 2.06. The van der Waals surface area contributed by atoms with E-state index < -0.39 is 28.5 Å². The van der Waals surface area contributed by atoms with Gasteiger partial charge in [-0.2, -0.15) is 0 Å². The van der Waals surface area contributed by atoms with Crippen LogP contribution in [-0.2, 0) is 26.2 Å². The second-order valence-electron chi connectivity index (χ2n) is 7.02. The van der Waals surface area contributed by atoms with Crippen LogP contribution in [0.15, 0.2) is 48.5 Å². The number of hydrogen-bond acceptors (Lipinski definition) is 4. The standard InChI is InChI=1S/C21H26ClN3O4S/c1-15-8-7-9-17(12-15)13-24(16(2)21(27)23-3)20(26)14-25(30(4,28)29)19-11-6-5-10-18(19)22/h5-12,16H,13-14H2,1-4H3,(H,23,27). The minimum absolute atomic E-state index is 0.162. The van der Waals surface area contributed by atoms with E-state index in [0.717, 1.165) is 21.7 Å². The lowest BCUT2D eigenvalue weighted by Crippen LogP contribution is -2.50. The third kappa shape index (κ3) is 5.96. The van der Waals surface area contributed by atoms with Crippen molar-refractivity contribution in [2.75, 3.05) is 24.2 Å². The Morgan fingerprint density at radius 2 is 1.80 bits per heavy atom. The molecule has 0 aliphatic heterocycles. The fourth-order valence-corrected chi connectivity index (χ4v) is 4.20. The number of likely N-dealkylation sites (N-methyl/N-ethyl adjacent to an activating group) is 1. The van der Waals surface area contributed by atoms with Gasteiger partial charge in [-0.15, -0.1) is 0 Å². The third-order valence-corrected chi connectivity index (χ3v) is 6.10. The number of carbonyl (C=O) groups is 2. The molecule has 1 unspecified atom stereocenters. The number of anilines is 1. The van der Waals surface area contributed by atoms with Gasteiger partial charge in [0.1, 0.15) is 12.6 Å². The molecule has 2 aromatic carbocycles. The van der Waals surface area contributed by atoms with Gasteiger partial charge in [-0.05, 0) is 31.5 Å². The number of nitrogens with zero attached hydrogens (tertiary/aromatic N) is 2. The number of hydrogen-bond donors (Lipinski definition) is 1. The van der Waals surface area contributed by atoms with Gasteiger partial charge in [-0.25, -0.2) is 8.42 Å². The van der Waals surface area contributed by atoms with Crippen molar-refractivity contribution >= 4 is 39.1 Å². The summed E-state index contributed by atoms with van der Waals surface area (Å²) in [6.45, 7) is 3.22. The molecule has 162 valence electrons. The summed E-state index contributed by atoms with van der Waals surface area (Å²) in [7, 11) is -2.31. The van der Waals surface area contributed by atoms with Crippen molar-refractivity contribution in [3.8, 4) is 0 Å². The molecule has 0 fully saturated rings. The van der Waals surface area contributed by atoms with E-state index in [1.54, 1.807) is 25.1 Å². The molecule has 0 heterocycles. The summed E-state index contributed by atoms with van der Waals surface area (Å²) < 4.78 is 25.8. The van der Waals surface area contributed by atoms with Crippen LogP contribution >= 0.6 is 11.6 Å². The van der Waals surface area contributed by atoms with Crippen LogP contribution in [0, 0.1) is 6.92 Å². The molecule has 0 radical (unpaired) electrons. The van der Waals surface area contributed by atoms with Gasteiger partial charge >= 0.3 is 0 Å². The van der Waals surface area contributed by atoms with Gasteiger partial charge in [0, 0.05) is 13.6 Å². The summed E-state index contributed by atoms with van der Waals surface area (Å²) in [6.07, 6.45) is 1.01. The molecule has 0 spiro atoms. The molecule has 2 amide bonds. The fourth-order valence-electron chi connectivity index (χ4n) is 3.05. The first-order valence-electron chi connectivity index (χ1n) is 9.33. The maximum absolute atomic E-state index is 13.2. The zero-order valence-corrected chi connectivity index (χ0v) is 19.0. The Balaban J connectivity index is 2.40. The molecule has 0 aliphatic carbocycles. The molecule has 30 heavy (non-hydrogen) atoms. The van der Waals surface area contributed by atoms with E-state index >= 15 is 0 Å². The third-order valence-electron chi connectivity index (χ3n) is 4.65. The molecule has 0 saturated carbocycles. The first-order valence-corrected chi connectivity index (χ1v) is 11.6. The lowest BCUT2D eigenvalue weighted by Gasteiger charge is -2.31.